The fourth-order valence-electron chi connectivity index (χ4n) is 1.24. The Morgan fingerprint density at radius 1 is 0.750 bits per heavy atom. The van der Waals surface area contributed by atoms with Crippen molar-refractivity contribution in [2.45, 2.75) is 18.7 Å². The third-order valence-corrected chi connectivity index (χ3v) is 1.94. The van der Waals surface area contributed by atoms with E-state index < -0.39 is 53.5 Å². The van der Waals surface area contributed by atoms with Crippen LogP contribution in [0.2, 0.25) is 0 Å². The van der Waals surface area contributed by atoms with Crippen molar-refractivity contribution in [2.24, 2.45) is 0 Å². The van der Waals surface area contributed by atoms with Gasteiger partial charge in [0.25, 0.3) is 0 Å². The van der Waals surface area contributed by atoms with Gasteiger partial charge in [0.2, 0.25) is 0 Å². The van der Waals surface area contributed by atoms with E-state index in [-0.39, 0.29) is 0 Å². The predicted octanol–water partition coefficient (Wildman–Crippen LogP) is 4.33. The molecule has 0 unspecified atom stereocenters. The number of hydrogen-bond donors (Lipinski definition) is 1. The Morgan fingerprint density at radius 3 is 1.50 bits per heavy atom. The molecule has 0 aromatic heterocycles. The number of halogens is 9. The third-order valence-electron chi connectivity index (χ3n) is 1.94. The maximum absolute atomic E-state index is 12.4. The van der Waals surface area contributed by atoms with Gasteiger partial charge in [-0.25, -0.2) is 0 Å². The molecule has 1 aromatic rings. The highest BCUT2D eigenvalue weighted by molar-refractivity contribution is 5.48. The first-order valence-electron chi connectivity index (χ1n) is 4.49. The van der Waals surface area contributed by atoms with E-state index in [2.05, 4.69) is 4.74 Å². The van der Waals surface area contributed by atoms with Gasteiger partial charge in [0.1, 0.15) is 0 Å². The molecule has 0 aliphatic carbocycles. The number of rotatable bonds is 1. The van der Waals surface area contributed by atoms with Crippen molar-refractivity contribution in [3.8, 4) is 11.5 Å². The minimum atomic E-state index is -5.58. The van der Waals surface area contributed by atoms with Gasteiger partial charge < -0.3 is 9.84 Å². The summed E-state index contributed by atoms with van der Waals surface area (Å²) < 4.78 is 113. The van der Waals surface area contributed by atoms with E-state index in [1.54, 1.807) is 0 Å². The lowest BCUT2D eigenvalue weighted by Crippen LogP contribution is -2.20. The van der Waals surface area contributed by atoms with Crippen LogP contribution >= 0.6 is 0 Å². The van der Waals surface area contributed by atoms with Crippen LogP contribution in [0.1, 0.15) is 11.1 Å². The molecular formula is C9H3F9O2. The second-order valence-corrected chi connectivity index (χ2v) is 3.41. The van der Waals surface area contributed by atoms with Crippen LogP contribution in [0.25, 0.3) is 0 Å². The zero-order chi connectivity index (χ0) is 15.9. The van der Waals surface area contributed by atoms with Crippen LogP contribution in [-0.2, 0) is 12.4 Å². The van der Waals surface area contributed by atoms with E-state index in [1.807, 2.05) is 0 Å². The molecule has 0 amide bonds. The number of benzene rings is 1. The molecule has 0 bridgehead atoms. The lowest BCUT2D eigenvalue weighted by atomic mass is 10.1. The molecule has 0 fully saturated rings. The molecule has 0 aliphatic heterocycles. The molecule has 1 aromatic carbocycles. The van der Waals surface area contributed by atoms with Gasteiger partial charge in [-0.05, 0) is 12.1 Å². The van der Waals surface area contributed by atoms with Crippen LogP contribution in [0.3, 0.4) is 0 Å². The van der Waals surface area contributed by atoms with Gasteiger partial charge in [0.05, 0.1) is 11.1 Å². The maximum atomic E-state index is 12.4. The van der Waals surface area contributed by atoms with E-state index in [0.717, 1.165) is 0 Å². The molecule has 2 nitrogen and oxygen atoms in total. The van der Waals surface area contributed by atoms with Crippen LogP contribution in [0.15, 0.2) is 12.1 Å². The van der Waals surface area contributed by atoms with Crippen molar-refractivity contribution in [1.29, 1.82) is 0 Å². The number of phenols is 1. The number of ether oxygens (including phenoxy) is 1. The molecule has 0 heterocycles. The summed E-state index contributed by atoms with van der Waals surface area (Å²) in [5.74, 6) is -3.50. The molecule has 20 heavy (non-hydrogen) atoms. The smallest absolute Gasteiger partial charge is 0.504 e. The predicted molar refractivity (Wildman–Crippen MR) is 44.8 cm³/mol. The van der Waals surface area contributed by atoms with Gasteiger partial charge in [-0.15, -0.1) is 13.2 Å². The largest absolute Gasteiger partial charge is 0.573 e. The van der Waals surface area contributed by atoms with E-state index in [0.29, 0.717) is 0 Å². The molecular weight excluding hydrogens is 311 g/mol. The Bertz CT molecular complexity index is 498. The Balaban J connectivity index is 3.49. The molecule has 114 valence electrons. The molecule has 1 N–H and O–H groups in total. The second kappa shape index (κ2) is 4.63. The van der Waals surface area contributed by atoms with E-state index in [4.69, 9.17) is 5.11 Å². The SMILES string of the molecule is Oc1cc(C(F)(F)F)c(C(F)(F)F)cc1OC(F)(F)F. The summed E-state index contributed by atoms with van der Waals surface area (Å²) in [6.45, 7) is 0. The van der Waals surface area contributed by atoms with Gasteiger partial charge in [0, 0.05) is 0 Å². The Hall–Kier alpha value is -1.81. The lowest BCUT2D eigenvalue weighted by molar-refractivity contribution is -0.275. The van der Waals surface area contributed by atoms with Crippen molar-refractivity contribution < 1.29 is 49.4 Å². The highest BCUT2D eigenvalue weighted by atomic mass is 19.4. The van der Waals surface area contributed by atoms with Gasteiger partial charge in [-0.2, -0.15) is 26.3 Å². The summed E-state index contributed by atoms with van der Waals surface area (Å²) in [6, 6.07) is -1.05. The summed E-state index contributed by atoms with van der Waals surface area (Å²) in [7, 11) is 0. The summed E-state index contributed by atoms with van der Waals surface area (Å²) in [6.07, 6.45) is -16.6. The number of hydrogen-bond acceptors (Lipinski definition) is 2. The average Bonchev–Trinajstić information content (AvgIpc) is 2.15. The Morgan fingerprint density at radius 2 is 1.15 bits per heavy atom. The van der Waals surface area contributed by atoms with Crippen LogP contribution in [0.5, 0.6) is 11.5 Å². The third kappa shape index (κ3) is 3.84. The van der Waals surface area contributed by atoms with E-state index in [9.17, 15) is 39.5 Å². The molecule has 0 atom stereocenters. The van der Waals surface area contributed by atoms with Crippen molar-refractivity contribution in [3.05, 3.63) is 23.3 Å². The van der Waals surface area contributed by atoms with Gasteiger partial charge in [-0.1, -0.05) is 0 Å². The van der Waals surface area contributed by atoms with Crippen LogP contribution < -0.4 is 4.74 Å². The number of phenolic OH excluding ortho intramolecular Hbond substituents is 1. The van der Waals surface area contributed by atoms with Gasteiger partial charge in [0.15, 0.2) is 11.5 Å². The Labute approximate surface area is 104 Å². The van der Waals surface area contributed by atoms with Crippen molar-refractivity contribution in [1.82, 2.24) is 0 Å². The molecule has 0 spiro atoms. The zero-order valence-corrected chi connectivity index (χ0v) is 8.91. The first-order chi connectivity index (χ1) is 8.72. The monoisotopic (exact) mass is 314 g/mol. The first-order valence-corrected chi connectivity index (χ1v) is 4.49. The molecule has 11 heteroatoms. The highest BCUT2D eigenvalue weighted by Gasteiger charge is 2.45. The summed E-state index contributed by atoms with van der Waals surface area (Å²) in [5, 5.41) is 8.92. The first kappa shape index (κ1) is 16.2. The minimum Gasteiger partial charge on any atom is -0.504 e. The van der Waals surface area contributed by atoms with Crippen molar-refractivity contribution in [3.63, 3.8) is 0 Å². The second-order valence-electron chi connectivity index (χ2n) is 3.41. The van der Waals surface area contributed by atoms with Crippen molar-refractivity contribution in [2.75, 3.05) is 0 Å². The average molecular weight is 314 g/mol. The summed E-state index contributed by atoms with van der Waals surface area (Å²) in [4.78, 5) is 0. The topological polar surface area (TPSA) is 29.5 Å². The summed E-state index contributed by atoms with van der Waals surface area (Å²) >= 11 is 0. The van der Waals surface area contributed by atoms with Crippen LogP contribution in [0, 0.1) is 0 Å². The normalized spacial score (nSPS) is 13.4. The van der Waals surface area contributed by atoms with E-state index >= 15 is 0 Å². The maximum Gasteiger partial charge on any atom is 0.573 e. The quantitative estimate of drug-likeness (QED) is 0.782. The van der Waals surface area contributed by atoms with Gasteiger partial charge >= 0.3 is 18.7 Å². The van der Waals surface area contributed by atoms with Gasteiger partial charge in [-0.3, -0.25) is 0 Å². The fourth-order valence-corrected chi connectivity index (χ4v) is 1.24. The van der Waals surface area contributed by atoms with Crippen LogP contribution in [0.4, 0.5) is 39.5 Å². The number of alkyl halides is 9. The number of aromatic hydroxyl groups is 1. The zero-order valence-electron chi connectivity index (χ0n) is 8.91. The molecule has 1 rings (SSSR count). The summed E-state index contributed by atoms with van der Waals surface area (Å²) in [5.41, 5.74) is -4.72. The molecule has 0 saturated heterocycles. The molecule has 0 saturated carbocycles. The van der Waals surface area contributed by atoms with E-state index in [1.165, 1.54) is 0 Å². The lowest BCUT2D eigenvalue weighted by Gasteiger charge is -2.18. The molecule has 0 radical (unpaired) electrons. The Kier molecular flexibility index (Phi) is 3.76. The molecule has 0 aliphatic rings. The minimum absolute atomic E-state index is 0.482. The standard InChI is InChI=1S/C9H3F9O2/c10-7(11,12)3-1-5(19)6(20-9(16,17)18)2-4(3)8(13,14)15/h1-2,19H. The highest BCUT2D eigenvalue weighted by Crippen LogP contribution is 2.45. The van der Waals surface area contributed by atoms with Crippen LogP contribution in [-0.4, -0.2) is 11.5 Å². The fraction of sp³-hybridized carbons (Fsp3) is 0.333. The van der Waals surface area contributed by atoms with Crippen molar-refractivity contribution >= 4 is 0 Å².